The molecule has 0 spiro atoms. The molecule has 1 aromatic carbocycles. The minimum atomic E-state index is -0.277. The molecule has 1 aromatic rings. The molecule has 1 N–H and O–H groups in total. The molecule has 4 heteroatoms. The predicted octanol–water partition coefficient (Wildman–Crippen LogP) is 2.95. The molecule has 16 heavy (non-hydrogen) atoms. The van der Waals surface area contributed by atoms with Gasteiger partial charge in [0.15, 0.2) is 11.6 Å². The molecule has 1 unspecified atom stereocenters. The summed E-state index contributed by atoms with van der Waals surface area (Å²) in [7, 11) is 1.46. The van der Waals surface area contributed by atoms with Crippen LogP contribution < -0.4 is 10.1 Å². The van der Waals surface area contributed by atoms with Crippen molar-refractivity contribution in [2.24, 2.45) is 0 Å². The Hall–Kier alpha value is -0.800. The second kappa shape index (κ2) is 5.02. The summed E-state index contributed by atoms with van der Waals surface area (Å²) in [4.78, 5) is 0. The molecule has 1 aliphatic rings. The Balaban J connectivity index is 2.34. The summed E-state index contributed by atoms with van der Waals surface area (Å²) >= 11 is 5.95. The molecule has 1 atom stereocenters. The summed E-state index contributed by atoms with van der Waals surface area (Å²) in [6.07, 6.45) is 2.06. The molecule has 1 fully saturated rings. The lowest BCUT2D eigenvalue weighted by atomic mass is 9.91. The first-order valence-electron chi connectivity index (χ1n) is 5.46. The van der Waals surface area contributed by atoms with Crippen molar-refractivity contribution in [2.45, 2.75) is 18.8 Å². The highest BCUT2D eigenvalue weighted by molar-refractivity contribution is 6.30. The van der Waals surface area contributed by atoms with Crippen molar-refractivity contribution in [3.8, 4) is 5.75 Å². The zero-order valence-corrected chi connectivity index (χ0v) is 9.98. The van der Waals surface area contributed by atoms with Crippen LogP contribution in [0.15, 0.2) is 12.1 Å². The van der Waals surface area contributed by atoms with Gasteiger partial charge in [-0.25, -0.2) is 4.39 Å². The minimum absolute atomic E-state index is 0.196. The van der Waals surface area contributed by atoms with Crippen LogP contribution in [0.3, 0.4) is 0 Å². The fraction of sp³-hybridized carbons (Fsp3) is 0.500. The molecule has 2 rings (SSSR count). The molecule has 1 aliphatic heterocycles. The van der Waals surface area contributed by atoms with E-state index in [9.17, 15) is 4.39 Å². The van der Waals surface area contributed by atoms with Crippen molar-refractivity contribution >= 4 is 11.6 Å². The van der Waals surface area contributed by atoms with Gasteiger partial charge in [0.2, 0.25) is 0 Å². The monoisotopic (exact) mass is 243 g/mol. The Morgan fingerprint density at radius 1 is 1.50 bits per heavy atom. The van der Waals surface area contributed by atoms with Crippen LogP contribution >= 0.6 is 11.6 Å². The first kappa shape index (κ1) is 11.7. The van der Waals surface area contributed by atoms with Crippen LogP contribution in [-0.2, 0) is 0 Å². The Morgan fingerprint density at radius 3 is 2.94 bits per heavy atom. The van der Waals surface area contributed by atoms with Gasteiger partial charge in [-0.3, -0.25) is 0 Å². The van der Waals surface area contributed by atoms with Gasteiger partial charge < -0.3 is 10.1 Å². The quantitative estimate of drug-likeness (QED) is 0.862. The molecular formula is C12H15ClFNO. The zero-order valence-electron chi connectivity index (χ0n) is 9.22. The van der Waals surface area contributed by atoms with Crippen LogP contribution in [0.1, 0.15) is 24.3 Å². The van der Waals surface area contributed by atoms with Gasteiger partial charge in [-0.05, 0) is 36.9 Å². The average Bonchev–Trinajstić information content (AvgIpc) is 2.33. The van der Waals surface area contributed by atoms with E-state index in [1.54, 1.807) is 6.07 Å². The number of nitrogens with one attached hydrogen (secondary N) is 1. The first-order chi connectivity index (χ1) is 7.72. The topological polar surface area (TPSA) is 21.3 Å². The molecule has 2 nitrogen and oxygen atoms in total. The Labute approximate surface area is 99.7 Å². The first-order valence-corrected chi connectivity index (χ1v) is 5.84. The molecule has 0 aliphatic carbocycles. The highest BCUT2D eigenvalue weighted by atomic mass is 35.5. The maximum absolute atomic E-state index is 14.0. The number of halogens is 2. The van der Waals surface area contributed by atoms with Crippen LogP contribution in [0.4, 0.5) is 4.39 Å². The summed E-state index contributed by atoms with van der Waals surface area (Å²) in [6, 6.07) is 3.22. The van der Waals surface area contributed by atoms with Crippen molar-refractivity contribution in [2.75, 3.05) is 20.2 Å². The Kier molecular flexibility index (Phi) is 3.66. The summed E-state index contributed by atoms with van der Waals surface area (Å²) in [5.74, 6) is 0.148. The molecule has 0 amide bonds. The molecule has 1 heterocycles. The predicted molar refractivity (Wildman–Crippen MR) is 62.8 cm³/mol. The lowest BCUT2D eigenvalue weighted by Crippen LogP contribution is -2.28. The van der Waals surface area contributed by atoms with Gasteiger partial charge in [0, 0.05) is 17.6 Å². The highest BCUT2D eigenvalue weighted by Crippen LogP contribution is 2.33. The third-order valence-corrected chi connectivity index (χ3v) is 3.21. The molecular weight excluding hydrogens is 229 g/mol. The van der Waals surface area contributed by atoms with Gasteiger partial charge in [0.1, 0.15) is 0 Å². The van der Waals surface area contributed by atoms with Crippen LogP contribution in [0.5, 0.6) is 5.75 Å². The van der Waals surface area contributed by atoms with E-state index in [-0.39, 0.29) is 17.5 Å². The summed E-state index contributed by atoms with van der Waals surface area (Å²) < 4.78 is 19.0. The number of ether oxygens (including phenoxy) is 1. The summed E-state index contributed by atoms with van der Waals surface area (Å²) in [6.45, 7) is 1.82. The normalized spacial score (nSPS) is 20.8. The molecule has 0 bridgehead atoms. The van der Waals surface area contributed by atoms with Crippen molar-refractivity contribution < 1.29 is 9.13 Å². The number of hydrogen-bond acceptors (Lipinski definition) is 2. The van der Waals surface area contributed by atoms with Gasteiger partial charge >= 0.3 is 0 Å². The largest absolute Gasteiger partial charge is 0.494 e. The molecule has 0 radical (unpaired) electrons. The molecule has 1 saturated heterocycles. The van der Waals surface area contributed by atoms with E-state index < -0.39 is 0 Å². The Morgan fingerprint density at radius 2 is 2.31 bits per heavy atom. The van der Waals surface area contributed by atoms with Gasteiger partial charge in [-0.2, -0.15) is 0 Å². The van der Waals surface area contributed by atoms with Crippen molar-refractivity contribution in [3.63, 3.8) is 0 Å². The third-order valence-electron chi connectivity index (χ3n) is 2.99. The maximum atomic E-state index is 14.0. The number of hydrogen-bond donors (Lipinski definition) is 1. The van der Waals surface area contributed by atoms with Gasteiger partial charge in [-0.1, -0.05) is 11.6 Å². The smallest absolute Gasteiger partial charge is 0.168 e. The average molecular weight is 244 g/mol. The van der Waals surface area contributed by atoms with E-state index in [0.29, 0.717) is 10.6 Å². The van der Waals surface area contributed by atoms with Crippen molar-refractivity contribution in [1.82, 2.24) is 5.32 Å². The Bertz CT molecular complexity index is 378. The molecule has 0 aromatic heterocycles. The van der Waals surface area contributed by atoms with Crippen molar-refractivity contribution in [3.05, 3.63) is 28.5 Å². The van der Waals surface area contributed by atoms with E-state index >= 15 is 0 Å². The van der Waals surface area contributed by atoms with Crippen LogP contribution in [-0.4, -0.2) is 20.2 Å². The highest BCUT2D eigenvalue weighted by Gasteiger charge is 2.21. The van der Waals surface area contributed by atoms with Gasteiger partial charge in [0.25, 0.3) is 0 Å². The lowest BCUT2D eigenvalue weighted by molar-refractivity contribution is 0.376. The second-order valence-electron chi connectivity index (χ2n) is 4.05. The molecule has 88 valence electrons. The summed E-state index contributed by atoms with van der Waals surface area (Å²) in [5, 5.41) is 3.79. The fourth-order valence-electron chi connectivity index (χ4n) is 2.15. The van der Waals surface area contributed by atoms with E-state index in [0.717, 1.165) is 25.9 Å². The standard InChI is InChI=1S/C12H15ClFNO/c1-16-11-6-9(13)5-10(12(11)14)8-3-2-4-15-7-8/h5-6,8,15H,2-4,7H2,1H3. The van der Waals surface area contributed by atoms with Gasteiger partial charge in [0.05, 0.1) is 7.11 Å². The molecule has 0 saturated carbocycles. The van der Waals surface area contributed by atoms with E-state index in [2.05, 4.69) is 5.32 Å². The zero-order chi connectivity index (χ0) is 11.5. The van der Waals surface area contributed by atoms with Crippen LogP contribution in [0.2, 0.25) is 5.02 Å². The van der Waals surface area contributed by atoms with E-state index in [1.807, 2.05) is 0 Å². The summed E-state index contributed by atoms with van der Waals surface area (Å²) in [5.41, 5.74) is 0.663. The SMILES string of the molecule is COc1cc(Cl)cc(C2CCCNC2)c1F. The second-order valence-corrected chi connectivity index (χ2v) is 4.49. The number of methoxy groups -OCH3 is 1. The number of rotatable bonds is 2. The van der Waals surface area contributed by atoms with E-state index in [1.165, 1.54) is 13.2 Å². The number of piperidine rings is 1. The maximum Gasteiger partial charge on any atom is 0.168 e. The van der Waals surface area contributed by atoms with E-state index in [4.69, 9.17) is 16.3 Å². The number of benzene rings is 1. The lowest BCUT2D eigenvalue weighted by Gasteiger charge is -2.24. The third kappa shape index (κ3) is 2.30. The van der Waals surface area contributed by atoms with Crippen LogP contribution in [0, 0.1) is 5.82 Å². The van der Waals surface area contributed by atoms with Crippen LogP contribution in [0.25, 0.3) is 0 Å². The van der Waals surface area contributed by atoms with Crippen molar-refractivity contribution in [1.29, 1.82) is 0 Å². The fourth-order valence-corrected chi connectivity index (χ4v) is 2.36. The minimum Gasteiger partial charge on any atom is -0.494 e. The van der Waals surface area contributed by atoms with Gasteiger partial charge in [-0.15, -0.1) is 0 Å².